The van der Waals surface area contributed by atoms with Crippen molar-refractivity contribution < 1.29 is 4.79 Å². The first-order valence-electron chi connectivity index (χ1n) is 8.46. The lowest BCUT2D eigenvalue weighted by molar-refractivity contribution is -0.120. The van der Waals surface area contributed by atoms with Gasteiger partial charge in [-0.1, -0.05) is 19.8 Å². The van der Waals surface area contributed by atoms with Crippen LogP contribution in [0.5, 0.6) is 0 Å². The van der Waals surface area contributed by atoms with Crippen LogP contribution in [0.25, 0.3) is 0 Å². The van der Waals surface area contributed by atoms with Gasteiger partial charge < -0.3 is 16.0 Å². The van der Waals surface area contributed by atoms with Crippen molar-refractivity contribution in [2.75, 3.05) is 19.6 Å². The number of hydrogen-bond donors (Lipinski definition) is 2. The number of nitrogens with two attached hydrogens (primary N) is 1. The first-order chi connectivity index (χ1) is 9.69. The van der Waals surface area contributed by atoms with Crippen molar-refractivity contribution in [2.24, 2.45) is 11.7 Å². The third-order valence-electron chi connectivity index (χ3n) is 4.73. The number of amides is 1. The van der Waals surface area contributed by atoms with Crippen LogP contribution in [0, 0.1) is 5.92 Å². The van der Waals surface area contributed by atoms with E-state index in [-0.39, 0.29) is 11.9 Å². The zero-order valence-electron chi connectivity index (χ0n) is 12.9. The van der Waals surface area contributed by atoms with Crippen LogP contribution in [0.4, 0.5) is 0 Å². The number of carbonyl (C=O) groups excluding carboxylic acids is 1. The minimum atomic E-state index is -0.185. The van der Waals surface area contributed by atoms with Gasteiger partial charge in [-0.3, -0.25) is 4.79 Å². The first-order valence-corrected chi connectivity index (χ1v) is 8.46. The van der Waals surface area contributed by atoms with E-state index in [1.54, 1.807) is 0 Å². The Kier molecular flexibility index (Phi) is 6.30. The van der Waals surface area contributed by atoms with Crippen molar-refractivity contribution in [2.45, 2.75) is 70.4 Å². The van der Waals surface area contributed by atoms with Crippen molar-refractivity contribution in [3.8, 4) is 0 Å². The molecule has 2 atom stereocenters. The Morgan fingerprint density at radius 3 is 2.75 bits per heavy atom. The molecule has 1 amide bonds. The molecular formula is C16H31N3O. The molecule has 1 saturated carbocycles. The average Bonchev–Trinajstić information content (AvgIpc) is 3.22. The van der Waals surface area contributed by atoms with Gasteiger partial charge in [0.05, 0.1) is 6.04 Å². The summed E-state index contributed by atoms with van der Waals surface area (Å²) in [5, 5.41) is 3.37. The molecule has 3 N–H and O–H groups in total. The maximum absolute atomic E-state index is 11.5. The molecule has 4 nitrogen and oxygen atoms in total. The summed E-state index contributed by atoms with van der Waals surface area (Å²) in [6.45, 7) is 5.67. The molecule has 2 fully saturated rings. The molecule has 0 aromatic carbocycles. The van der Waals surface area contributed by atoms with E-state index in [0.29, 0.717) is 6.04 Å². The summed E-state index contributed by atoms with van der Waals surface area (Å²) < 4.78 is 0. The van der Waals surface area contributed by atoms with Crippen molar-refractivity contribution in [1.82, 2.24) is 10.2 Å². The van der Waals surface area contributed by atoms with Crippen LogP contribution >= 0.6 is 0 Å². The van der Waals surface area contributed by atoms with Gasteiger partial charge in [0.2, 0.25) is 5.91 Å². The topological polar surface area (TPSA) is 58.4 Å². The first kappa shape index (κ1) is 15.8. The second-order valence-electron chi connectivity index (χ2n) is 6.61. The van der Waals surface area contributed by atoms with Crippen LogP contribution in [-0.2, 0) is 4.79 Å². The average molecular weight is 281 g/mol. The molecule has 0 aromatic heterocycles. The summed E-state index contributed by atoms with van der Waals surface area (Å²) in [4.78, 5) is 14.0. The van der Waals surface area contributed by atoms with Gasteiger partial charge in [-0.25, -0.2) is 0 Å². The van der Waals surface area contributed by atoms with E-state index < -0.39 is 0 Å². The third kappa shape index (κ3) is 5.41. The van der Waals surface area contributed by atoms with Crippen molar-refractivity contribution in [3.05, 3.63) is 0 Å². The molecule has 2 aliphatic rings. The minimum Gasteiger partial charge on any atom is -0.368 e. The molecule has 20 heavy (non-hydrogen) atoms. The third-order valence-corrected chi connectivity index (χ3v) is 4.73. The summed E-state index contributed by atoms with van der Waals surface area (Å²) in [5.74, 6) is 0.733. The molecule has 0 radical (unpaired) electrons. The monoisotopic (exact) mass is 281 g/mol. The molecule has 116 valence electrons. The van der Waals surface area contributed by atoms with Gasteiger partial charge in [0.25, 0.3) is 0 Å². The van der Waals surface area contributed by atoms with Crippen molar-refractivity contribution in [3.63, 3.8) is 0 Å². The van der Waals surface area contributed by atoms with Gasteiger partial charge in [-0.15, -0.1) is 0 Å². The van der Waals surface area contributed by atoms with Crippen LogP contribution < -0.4 is 11.1 Å². The molecule has 2 rings (SSSR count). The number of rotatable bonds is 8. The molecule has 1 heterocycles. The van der Waals surface area contributed by atoms with E-state index in [4.69, 9.17) is 5.73 Å². The zero-order valence-corrected chi connectivity index (χ0v) is 12.9. The summed E-state index contributed by atoms with van der Waals surface area (Å²) in [5.41, 5.74) is 5.50. The largest absolute Gasteiger partial charge is 0.368 e. The number of likely N-dealkylation sites (tertiary alicyclic amines) is 1. The van der Waals surface area contributed by atoms with E-state index >= 15 is 0 Å². The summed E-state index contributed by atoms with van der Waals surface area (Å²) in [6, 6.07) is 0.419. The van der Waals surface area contributed by atoms with Crippen LogP contribution in [-0.4, -0.2) is 42.5 Å². The second kappa shape index (κ2) is 7.99. The van der Waals surface area contributed by atoms with E-state index in [1.165, 1.54) is 58.0 Å². The Labute approximate surface area is 123 Å². The van der Waals surface area contributed by atoms with Gasteiger partial charge in [-0.2, -0.15) is 0 Å². The SMILES string of the molecule is CCCC1CCCN(CCC(NC2CC2)C(N)=O)CC1. The molecule has 0 bridgehead atoms. The normalized spacial score (nSPS) is 26.1. The van der Waals surface area contributed by atoms with Gasteiger partial charge in [0, 0.05) is 12.6 Å². The van der Waals surface area contributed by atoms with E-state index in [1.807, 2.05) is 0 Å². The number of nitrogens with one attached hydrogen (secondary N) is 1. The Hall–Kier alpha value is -0.610. The smallest absolute Gasteiger partial charge is 0.234 e. The zero-order chi connectivity index (χ0) is 14.4. The fourth-order valence-corrected chi connectivity index (χ4v) is 3.30. The predicted octanol–water partition coefficient (Wildman–Crippen LogP) is 1.88. The highest BCUT2D eigenvalue weighted by atomic mass is 16.1. The Morgan fingerprint density at radius 1 is 1.30 bits per heavy atom. The maximum atomic E-state index is 11.5. The van der Waals surface area contributed by atoms with Gasteiger partial charge in [-0.05, 0) is 57.5 Å². The number of nitrogens with zero attached hydrogens (tertiary/aromatic N) is 1. The van der Waals surface area contributed by atoms with Crippen LogP contribution in [0.3, 0.4) is 0 Å². The molecule has 1 aliphatic heterocycles. The quantitative estimate of drug-likeness (QED) is 0.714. The highest BCUT2D eigenvalue weighted by molar-refractivity contribution is 5.79. The lowest BCUT2D eigenvalue weighted by atomic mass is 9.96. The second-order valence-corrected chi connectivity index (χ2v) is 6.61. The number of carbonyl (C=O) groups is 1. The van der Waals surface area contributed by atoms with Crippen LogP contribution in [0.15, 0.2) is 0 Å². The Balaban J connectivity index is 1.70. The van der Waals surface area contributed by atoms with Gasteiger partial charge in [0.1, 0.15) is 0 Å². The van der Waals surface area contributed by atoms with Gasteiger partial charge >= 0.3 is 0 Å². The van der Waals surface area contributed by atoms with Gasteiger partial charge in [0.15, 0.2) is 0 Å². The Bertz CT molecular complexity index is 304. The van der Waals surface area contributed by atoms with E-state index in [2.05, 4.69) is 17.1 Å². The fraction of sp³-hybridized carbons (Fsp3) is 0.938. The van der Waals surface area contributed by atoms with Crippen molar-refractivity contribution >= 4 is 5.91 Å². The molecule has 0 spiro atoms. The van der Waals surface area contributed by atoms with E-state index in [9.17, 15) is 4.79 Å². The summed E-state index contributed by atoms with van der Waals surface area (Å²) in [7, 11) is 0. The summed E-state index contributed by atoms with van der Waals surface area (Å²) in [6.07, 6.45) is 9.96. The Morgan fingerprint density at radius 2 is 2.10 bits per heavy atom. The molecule has 1 aliphatic carbocycles. The molecule has 4 heteroatoms. The highest BCUT2D eigenvalue weighted by Crippen LogP contribution is 2.23. The van der Waals surface area contributed by atoms with Crippen molar-refractivity contribution in [1.29, 1.82) is 0 Å². The highest BCUT2D eigenvalue weighted by Gasteiger charge is 2.27. The molecule has 1 saturated heterocycles. The standard InChI is InChI=1S/C16H31N3O/c1-2-4-13-5-3-10-19(11-8-13)12-9-15(16(17)20)18-14-6-7-14/h13-15,18H,2-12H2,1H3,(H2,17,20). The molecule has 0 aromatic rings. The van der Waals surface area contributed by atoms with E-state index in [0.717, 1.165) is 18.9 Å². The summed E-state index contributed by atoms with van der Waals surface area (Å²) >= 11 is 0. The number of hydrogen-bond acceptors (Lipinski definition) is 3. The predicted molar refractivity (Wildman–Crippen MR) is 82.4 cm³/mol. The lowest BCUT2D eigenvalue weighted by Gasteiger charge is -2.23. The fourth-order valence-electron chi connectivity index (χ4n) is 3.30. The van der Waals surface area contributed by atoms with Crippen LogP contribution in [0.1, 0.15) is 58.3 Å². The molecular weight excluding hydrogens is 250 g/mol. The molecule has 2 unspecified atom stereocenters. The van der Waals surface area contributed by atoms with Crippen LogP contribution in [0.2, 0.25) is 0 Å². The maximum Gasteiger partial charge on any atom is 0.234 e. The lowest BCUT2D eigenvalue weighted by Crippen LogP contribution is -2.44. The minimum absolute atomic E-state index is 0.128. The number of primary amides is 1.